The molecule has 0 spiro atoms. The van der Waals surface area contributed by atoms with Gasteiger partial charge in [-0.15, -0.1) is 0 Å². The van der Waals surface area contributed by atoms with Crippen molar-refractivity contribution in [3.05, 3.63) is 11.1 Å². The highest BCUT2D eigenvalue weighted by Crippen LogP contribution is 2.19. The van der Waals surface area contributed by atoms with Crippen LogP contribution in [0.1, 0.15) is 16.6 Å². The summed E-state index contributed by atoms with van der Waals surface area (Å²) >= 11 is 1.20. The molecule has 0 N–H and O–H groups in total. The van der Waals surface area contributed by atoms with Crippen molar-refractivity contribution in [2.75, 3.05) is 11.9 Å². The Labute approximate surface area is 73.8 Å². The molecule has 0 unspecified atom stereocenters. The molecule has 0 saturated carbocycles. The Bertz CT molecular complexity index is 308. The first kappa shape index (κ1) is 8.86. The predicted octanol–water partition coefficient (Wildman–Crippen LogP) is 0.938. The van der Waals surface area contributed by atoms with Crippen molar-refractivity contribution in [1.82, 2.24) is 4.98 Å². The number of carbonyl (C=O) groups excluding carboxylic acids is 2. The maximum atomic E-state index is 10.8. The van der Waals surface area contributed by atoms with Crippen molar-refractivity contribution in [1.29, 1.82) is 0 Å². The van der Waals surface area contributed by atoms with Crippen LogP contribution in [0.15, 0.2) is 6.20 Å². The predicted molar refractivity (Wildman–Crippen MR) is 46.6 cm³/mol. The molecule has 0 aliphatic rings. The highest BCUT2D eigenvalue weighted by atomic mass is 32.1. The molecule has 0 aromatic carbocycles. The Balaban J connectivity index is 2.88. The van der Waals surface area contributed by atoms with Crippen LogP contribution in [-0.2, 0) is 4.79 Å². The van der Waals surface area contributed by atoms with Gasteiger partial charge in [-0.1, -0.05) is 11.3 Å². The van der Waals surface area contributed by atoms with Crippen LogP contribution in [0.5, 0.6) is 0 Å². The lowest BCUT2D eigenvalue weighted by atomic mass is 10.6. The summed E-state index contributed by atoms with van der Waals surface area (Å²) in [5.41, 5.74) is 0. The fourth-order valence-corrected chi connectivity index (χ4v) is 1.36. The van der Waals surface area contributed by atoms with Crippen LogP contribution in [-0.4, -0.2) is 24.2 Å². The molecule has 1 aromatic rings. The van der Waals surface area contributed by atoms with E-state index in [1.165, 1.54) is 29.4 Å². The van der Waals surface area contributed by atoms with Crippen LogP contribution < -0.4 is 4.90 Å². The monoisotopic (exact) mass is 184 g/mol. The molecular weight excluding hydrogens is 176 g/mol. The smallest absolute Gasteiger partial charge is 0.225 e. The molecule has 1 aromatic heterocycles. The van der Waals surface area contributed by atoms with Crippen LogP contribution in [0.25, 0.3) is 0 Å². The summed E-state index contributed by atoms with van der Waals surface area (Å²) in [6.45, 7) is 1.45. The lowest BCUT2D eigenvalue weighted by molar-refractivity contribution is -0.116. The Morgan fingerprint density at radius 1 is 1.75 bits per heavy atom. The average Bonchev–Trinajstić information content (AvgIpc) is 2.50. The van der Waals surface area contributed by atoms with Crippen molar-refractivity contribution < 1.29 is 9.59 Å². The third-order valence-electron chi connectivity index (χ3n) is 1.39. The maximum Gasteiger partial charge on any atom is 0.225 e. The first-order valence-corrected chi connectivity index (χ1v) is 4.12. The van der Waals surface area contributed by atoms with E-state index in [9.17, 15) is 9.59 Å². The van der Waals surface area contributed by atoms with Gasteiger partial charge < -0.3 is 0 Å². The van der Waals surface area contributed by atoms with Gasteiger partial charge in [-0.3, -0.25) is 14.5 Å². The van der Waals surface area contributed by atoms with E-state index in [-0.39, 0.29) is 5.91 Å². The molecule has 0 aliphatic carbocycles. The van der Waals surface area contributed by atoms with Gasteiger partial charge in [0.25, 0.3) is 0 Å². The van der Waals surface area contributed by atoms with Crippen LogP contribution in [0.3, 0.4) is 0 Å². The first-order chi connectivity index (χ1) is 5.65. The molecule has 0 bridgehead atoms. The van der Waals surface area contributed by atoms with E-state index in [1.807, 2.05) is 0 Å². The molecule has 1 heterocycles. The summed E-state index contributed by atoms with van der Waals surface area (Å²) in [4.78, 5) is 27.0. The van der Waals surface area contributed by atoms with Crippen molar-refractivity contribution >= 4 is 28.7 Å². The zero-order valence-corrected chi connectivity index (χ0v) is 7.59. The van der Waals surface area contributed by atoms with Gasteiger partial charge in [-0.25, -0.2) is 4.98 Å². The molecule has 0 atom stereocenters. The van der Waals surface area contributed by atoms with Gasteiger partial charge in [-0.2, -0.15) is 0 Å². The number of aromatic nitrogens is 1. The number of rotatable bonds is 2. The minimum atomic E-state index is -0.0956. The maximum absolute atomic E-state index is 10.8. The van der Waals surface area contributed by atoms with Gasteiger partial charge in [-0.05, 0) is 0 Å². The van der Waals surface area contributed by atoms with Crippen LogP contribution in [0.2, 0.25) is 0 Å². The van der Waals surface area contributed by atoms with E-state index in [0.717, 1.165) is 6.29 Å². The van der Waals surface area contributed by atoms with Crippen molar-refractivity contribution in [3.8, 4) is 0 Å². The van der Waals surface area contributed by atoms with E-state index in [0.29, 0.717) is 10.0 Å². The second-order valence-corrected chi connectivity index (χ2v) is 3.28. The summed E-state index contributed by atoms with van der Waals surface area (Å²) in [6, 6.07) is 0. The number of thiazole rings is 1. The zero-order valence-electron chi connectivity index (χ0n) is 6.77. The van der Waals surface area contributed by atoms with E-state index in [1.54, 1.807) is 7.05 Å². The molecular formula is C7H8N2O2S. The Morgan fingerprint density at radius 3 is 2.83 bits per heavy atom. The minimum absolute atomic E-state index is 0.0956. The molecule has 5 heteroatoms. The van der Waals surface area contributed by atoms with Crippen LogP contribution in [0.4, 0.5) is 5.13 Å². The molecule has 12 heavy (non-hydrogen) atoms. The van der Waals surface area contributed by atoms with Gasteiger partial charge in [0.15, 0.2) is 11.4 Å². The van der Waals surface area contributed by atoms with Crippen LogP contribution in [0, 0.1) is 0 Å². The SMILES string of the molecule is CC(=O)N(C)c1ncc(C=O)s1. The Hall–Kier alpha value is -1.23. The Morgan fingerprint density at radius 2 is 2.42 bits per heavy atom. The van der Waals surface area contributed by atoms with Gasteiger partial charge in [0, 0.05) is 14.0 Å². The third-order valence-corrected chi connectivity index (χ3v) is 2.39. The average molecular weight is 184 g/mol. The number of anilines is 1. The topological polar surface area (TPSA) is 50.3 Å². The van der Waals surface area contributed by atoms with Gasteiger partial charge in [0.2, 0.25) is 5.91 Å². The van der Waals surface area contributed by atoms with Gasteiger partial charge in [0.05, 0.1) is 11.1 Å². The summed E-state index contributed by atoms with van der Waals surface area (Å²) < 4.78 is 0. The van der Waals surface area contributed by atoms with Gasteiger partial charge >= 0.3 is 0 Å². The molecule has 0 saturated heterocycles. The molecule has 1 rings (SSSR count). The molecule has 0 radical (unpaired) electrons. The fraction of sp³-hybridized carbons (Fsp3) is 0.286. The van der Waals surface area contributed by atoms with E-state index in [4.69, 9.17) is 0 Å². The number of hydrogen-bond acceptors (Lipinski definition) is 4. The highest BCUT2D eigenvalue weighted by Gasteiger charge is 2.09. The van der Waals surface area contributed by atoms with Gasteiger partial charge in [0.1, 0.15) is 0 Å². The second-order valence-electron chi connectivity index (χ2n) is 2.24. The Kier molecular flexibility index (Phi) is 2.54. The number of carbonyl (C=O) groups is 2. The molecule has 0 aliphatic heterocycles. The highest BCUT2D eigenvalue weighted by molar-refractivity contribution is 7.17. The normalized spacial score (nSPS) is 9.50. The fourth-order valence-electron chi connectivity index (χ4n) is 0.621. The summed E-state index contributed by atoms with van der Waals surface area (Å²) in [5.74, 6) is -0.0956. The number of hydrogen-bond donors (Lipinski definition) is 0. The lowest BCUT2D eigenvalue weighted by Crippen LogP contribution is -2.22. The first-order valence-electron chi connectivity index (χ1n) is 3.30. The number of amides is 1. The van der Waals surface area contributed by atoms with E-state index >= 15 is 0 Å². The van der Waals surface area contributed by atoms with E-state index < -0.39 is 0 Å². The molecule has 4 nitrogen and oxygen atoms in total. The molecule has 1 amide bonds. The standard InChI is InChI=1S/C7H8N2O2S/c1-5(11)9(2)7-8-3-6(4-10)12-7/h3-4H,1-2H3. The van der Waals surface area contributed by atoms with Crippen molar-refractivity contribution in [3.63, 3.8) is 0 Å². The zero-order chi connectivity index (χ0) is 9.14. The quantitative estimate of drug-likeness (QED) is 0.643. The van der Waals surface area contributed by atoms with Crippen LogP contribution >= 0.6 is 11.3 Å². The summed E-state index contributed by atoms with van der Waals surface area (Å²) in [5, 5.41) is 0.546. The van der Waals surface area contributed by atoms with Crippen molar-refractivity contribution in [2.45, 2.75) is 6.92 Å². The second kappa shape index (κ2) is 3.44. The number of aldehydes is 1. The third kappa shape index (κ3) is 1.68. The number of nitrogens with zero attached hydrogens (tertiary/aromatic N) is 2. The molecule has 64 valence electrons. The largest absolute Gasteiger partial charge is 0.297 e. The summed E-state index contributed by atoms with van der Waals surface area (Å²) in [7, 11) is 1.62. The lowest BCUT2D eigenvalue weighted by Gasteiger charge is -2.08. The summed E-state index contributed by atoms with van der Waals surface area (Å²) in [6.07, 6.45) is 2.17. The molecule has 0 fully saturated rings. The minimum Gasteiger partial charge on any atom is -0.297 e. The van der Waals surface area contributed by atoms with E-state index in [2.05, 4.69) is 4.98 Å². The van der Waals surface area contributed by atoms with Crippen molar-refractivity contribution in [2.24, 2.45) is 0 Å².